The highest BCUT2D eigenvalue weighted by atomic mass is 19.1. The topological polar surface area (TPSA) is 78.4 Å². The van der Waals surface area contributed by atoms with Gasteiger partial charge in [-0.25, -0.2) is 9.18 Å². The summed E-state index contributed by atoms with van der Waals surface area (Å²) in [4.78, 5) is 20.6. The van der Waals surface area contributed by atoms with Crippen molar-refractivity contribution in [1.82, 2.24) is 10.6 Å². The number of aliphatic hydroxyl groups excluding tert-OH is 1. The summed E-state index contributed by atoms with van der Waals surface area (Å²) in [6, 6.07) is -0.883. The van der Waals surface area contributed by atoms with Crippen LogP contribution in [0.3, 0.4) is 0 Å². The first kappa shape index (κ1) is 6.94. The second-order valence-corrected chi connectivity index (χ2v) is 1.81. The molecule has 6 heteroatoms. The molecule has 1 fully saturated rings. The molecule has 0 aromatic heterocycles. The third kappa shape index (κ3) is 1.06. The minimum atomic E-state index is -2.07. The van der Waals surface area contributed by atoms with Crippen molar-refractivity contribution in [2.45, 2.75) is 12.4 Å². The average Bonchev–Trinajstić information content (AvgIpc) is 1.82. The zero-order valence-electron chi connectivity index (χ0n) is 4.80. The van der Waals surface area contributed by atoms with Crippen molar-refractivity contribution in [1.29, 1.82) is 0 Å². The fourth-order valence-corrected chi connectivity index (χ4v) is 0.568. The molecule has 1 rings (SSSR count). The van der Waals surface area contributed by atoms with E-state index in [1.54, 1.807) is 10.6 Å². The van der Waals surface area contributed by atoms with Crippen molar-refractivity contribution in [2.75, 3.05) is 0 Å². The fourth-order valence-electron chi connectivity index (χ4n) is 0.568. The van der Waals surface area contributed by atoms with E-state index in [-0.39, 0.29) is 0 Å². The lowest BCUT2D eigenvalue weighted by Crippen LogP contribution is -2.59. The molecule has 0 aromatic rings. The van der Waals surface area contributed by atoms with Crippen molar-refractivity contribution < 1.29 is 19.1 Å². The molecule has 56 valence electrons. The Morgan fingerprint density at radius 2 is 2.10 bits per heavy atom. The number of hydrogen-bond acceptors (Lipinski definition) is 3. The molecule has 10 heavy (non-hydrogen) atoms. The summed E-state index contributed by atoms with van der Waals surface area (Å²) in [5.74, 6) is -1.11. The van der Waals surface area contributed by atoms with E-state index in [1.165, 1.54) is 0 Å². The van der Waals surface area contributed by atoms with Gasteiger partial charge in [-0.3, -0.25) is 10.1 Å². The number of aliphatic hydroxyl groups is 1. The van der Waals surface area contributed by atoms with Gasteiger partial charge in [0.15, 0.2) is 6.23 Å². The lowest BCUT2D eigenvalue weighted by Gasteiger charge is -2.21. The molecule has 1 aliphatic rings. The molecular formula is C4H5FN2O3. The molecule has 0 bridgehead atoms. The normalized spacial score (nSPS) is 33.0. The molecule has 1 saturated heterocycles. The van der Waals surface area contributed by atoms with Gasteiger partial charge in [0, 0.05) is 0 Å². The van der Waals surface area contributed by atoms with E-state index >= 15 is 0 Å². The standard InChI is InChI=1S/C4H5FN2O3/c5-1-2(8)6-4(10)7-3(1)9/h1-2,8H,(H2,6,7,9,10)/t1-,2-/m1/s1. The maximum Gasteiger partial charge on any atom is 0.323 e. The maximum atomic E-state index is 12.3. The van der Waals surface area contributed by atoms with Crippen LogP contribution in [0.15, 0.2) is 0 Å². The fraction of sp³-hybridized carbons (Fsp3) is 0.500. The Morgan fingerprint density at radius 1 is 1.50 bits per heavy atom. The molecule has 0 aromatic carbocycles. The van der Waals surface area contributed by atoms with Gasteiger partial charge in [-0.2, -0.15) is 0 Å². The summed E-state index contributed by atoms with van der Waals surface area (Å²) >= 11 is 0. The zero-order chi connectivity index (χ0) is 7.72. The Labute approximate surface area is 55.2 Å². The number of rotatable bonds is 0. The number of amides is 3. The molecule has 1 heterocycles. The van der Waals surface area contributed by atoms with E-state index in [4.69, 9.17) is 5.11 Å². The van der Waals surface area contributed by atoms with E-state index < -0.39 is 24.3 Å². The van der Waals surface area contributed by atoms with Gasteiger partial charge in [-0.1, -0.05) is 0 Å². The number of imide groups is 1. The average molecular weight is 148 g/mol. The summed E-state index contributed by atoms with van der Waals surface area (Å²) in [5, 5.41) is 12.0. The Morgan fingerprint density at radius 3 is 2.60 bits per heavy atom. The van der Waals surface area contributed by atoms with Crippen molar-refractivity contribution in [3.05, 3.63) is 0 Å². The summed E-state index contributed by atoms with van der Waals surface area (Å²) in [5.41, 5.74) is 0. The van der Waals surface area contributed by atoms with E-state index in [0.29, 0.717) is 0 Å². The summed E-state index contributed by atoms with van der Waals surface area (Å²) < 4.78 is 12.3. The second-order valence-electron chi connectivity index (χ2n) is 1.81. The SMILES string of the molecule is O=C1NC(=O)[C@H](F)[C@@H](O)N1. The van der Waals surface area contributed by atoms with E-state index in [0.717, 1.165) is 0 Å². The van der Waals surface area contributed by atoms with E-state index in [1.807, 2.05) is 0 Å². The van der Waals surface area contributed by atoms with Gasteiger partial charge < -0.3 is 10.4 Å². The number of carbonyl (C=O) groups is 2. The van der Waals surface area contributed by atoms with Gasteiger partial charge in [-0.05, 0) is 0 Å². The smallest absolute Gasteiger partial charge is 0.323 e. The Bertz CT molecular complexity index is 183. The highest BCUT2D eigenvalue weighted by Gasteiger charge is 2.33. The minimum Gasteiger partial charge on any atom is -0.370 e. The first-order valence-corrected chi connectivity index (χ1v) is 2.55. The van der Waals surface area contributed by atoms with Gasteiger partial charge >= 0.3 is 6.03 Å². The molecular weight excluding hydrogens is 143 g/mol. The number of nitrogens with one attached hydrogen (secondary N) is 2. The molecule has 2 atom stereocenters. The van der Waals surface area contributed by atoms with Gasteiger partial charge in [0.05, 0.1) is 0 Å². The van der Waals surface area contributed by atoms with Crippen LogP contribution in [-0.4, -0.2) is 29.4 Å². The van der Waals surface area contributed by atoms with Gasteiger partial charge in [-0.15, -0.1) is 0 Å². The van der Waals surface area contributed by atoms with Crippen LogP contribution in [0.2, 0.25) is 0 Å². The van der Waals surface area contributed by atoms with E-state index in [9.17, 15) is 14.0 Å². The number of halogens is 1. The van der Waals surface area contributed by atoms with Crippen molar-refractivity contribution in [3.8, 4) is 0 Å². The molecule has 5 nitrogen and oxygen atoms in total. The molecule has 3 N–H and O–H groups in total. The van der Waals surface area contributed by atoms with Crippen LogP contribution in [0.1, 0.15) is 0 Å². The Kier molecular flexibility index (Phi) is 1.54. The largest absolute Gasteiger partial charge is 0.370 e. The van der Waals surface area contributed by atoms with Gasteiger partial charge in [0.25, 0.3) is 5.91 Å². The molecule has 0 spiro atoms. The van der Waals surface area contributed by atoms with Crippen LogP contribution in [0.4, 0.5) is 9.18 Å². The lowest BCUT2D eigenvalue weighted by molar-refractivity contribution is -0.131. The molecule has 1 aliphatic heterocycles. The predicted molar refractivity (Wildman–Crippen MR) is 27.6 cm³/mol. The van der Waals surface area contributed by atoms with Crippen molar-refractivity contribution in [3.63, 3.8) is 0 Å². The Hall–Kier alpha value is -1.17. The molecule has 0 unspecified atom stereocenters. The summed E-state index contributed by atoms with van der Waals surface area (Å²) in [7, 11) is 0. The predicted octanol–water partition coefficient (Wildman–Crippen LogP) is -1.52. The van der Waals surface area contributed by atoms with Crippen LogP contribution in [0.5, 0.6) is 0 Å². The summed E-state index contributed by atoms with van der Waals surface area (Å²) in [6.07, 6.45) is -3.79. The van der Waals surface area contributed by atoms with Crippen LogP contribution in [0, 0.1) is 0 Å². The van der Waals surface area contributed by atoms with Crippen LogP contribution in [-0.2, 0) is 4.79 Å². The molecule has 0 radical (unpaired) electrons. The van der Waals surface area contributed by atoms with Gasteiger partial charge in [0.2, 0.25) is 6.17 Å². The summed E-state index contributed by atoms with van der Waals surface area (Å²) in [6.45, 7) is 0. The highest BCUT2D eigenvalue weighted by molar-refractivity contribution is 5.99. The first-order valence-electron chi connectivity index (χ1n) is 2.55. The number of alkyl halides is 1. The zero-order valence-corrected chi connectivity index (χ0v) is 4.80. The number of urea groups is 1. The van der Waals surface area contributed by atoms with Crippen molar-refractivity contribution in [2.24, 2.45) is 0 Å². The van der Waals surface area contributed by atoms with Gasteiger partial charge in [0.1, 0.15) is 0 Å². The third-order valence-electron chi connectivity index (χ3n) is 1.04. The lowest BCUT2D eigenvalue weighted by atomic mass is 10.3. The highest BCUT2D eigenvalue weighted by Crippen LogP contribution is 2.00. The number of hydrogen-bond donors (Lipinski definition) is 3. The van der Waals surface area contributed by atoms with Crippen molar-refractivity contribution >= 4 is 11.9 Å². The van der Waals surface area contributed by atoms with Crippen LogP contribution < -0.4 is 10.6 Å². The van der Waals surface area contributed by atoms with Crippen LogP contribution in [0.25, 0.3) is 0 Å². The maximum absolute atomic E-state index is 12.3. The first-order chi connectivity index (χ1) is 4.61. The monoisotopic (exact) mass is 148 g/mol. The molecule has 3 amide bonds. The molecule has 0 saturated carbocycles. The second kappa shape index (κ2) is 2.22. The third-order valence-corrected chi connectivity index (χ3v) is 1.04. The van der Waals surface area contributed by atoms with E-state index in [2.05, 4.69) is 0 Å². The Balaban J connectivity index is 2.66. The van der Waals surface area contributed by atoms with Crippen LogP contribution >= 0.6 is 0 Å². The number of carbonyl (C=O) groups excluding carboxylic acids is 2. The molecule has 0 aliphatic carbocycles. The quantitative estimate of drug-likeness (QED) is 0.390. The minimum absolute atomic E-state index is 0.883.